The Morgan fingerprint density at radius 2 is 2.24 bits per heavy atom. The first kappa shape index (κ1) is 14.9. The van der Waals surface area contributed by atoms with Gasteiger partial charge in [0.25, 0.3) is 0 Å². The number of likely N-dealkylation sites (tertiary alicyclic amines) is 1. The lowest BCUT2D eigenvalue weighted by Crippen LogP contribution is -2.48. The largest absolute Gasteiger partial charge is 0.395 e. The minimum Gasteiger partial charge on any atom is -0.395 e. The number of rotatable bonds is 7. The number of nitrogens with zero attached hydrogens (tertiary/aromatic N) is 1. The Bertz CT molecular complexity index is 221. The molecular formula is C13H28N2O2. The normalized spacial score (nSPS) is 24.2. The summed E-state index contributed by atoms with van der Waals surface area (Å²) in [5.74, 6) is 0. The van der Waals surface area contributed by atoms with E-state index in [0.717, 1.165) is 25.9 Å². The van der Waals surface area contributed by atoms with Crippen LogP contribution in [0.25, 0.3) is 0 Å². The second-order valence-corrected chi connectivity index (χ2v) is 5.45. The van der Waals surface area contributed by atoms with E-state index in [-0.39, 0.29) is 12.2 Å². The van der Waals surface area contributed by atoms with E-state index in [9.17, 15) is 5.11 Å². The van der Waals surface area contributed by atoms with E-state index in [2.05, 4.69) is 24.1 Å². The van der Waals surface area contributed by atoms with Crippen molar-refractivity contribution in [3.63, 3.8) is 0 Å². The molecule has 0 radical (unpaired) electrons. The topological polar surface area (TPSA) is 44.7 Å². The van der Waals surface area contributed by atoms with Gasteiger partial charge in [-0.2, -0.15) is 0 Å². The fraction of sp³-hybridized carbons (Fsp3) is 1.00. The van der Waals surface area contributed by atoms with Gasteiger partial charge in [-0.1, -0.05) is 0 Å². The molecule has 1 heterocycles. The van der Waals surface area contributed by atoms with Crippen LogP contribution < -0.4 is 5.32 Å². The molecule has 1 rings (SSSR count). The fourth-order valence-electron chi connectivity index (χ4n) is 2.67. The van der Waals surface area contributed by atoms with E-state index >= 15 is 0 Å². The van der Waals surface area contributed by atoms with Crippen LogP contribution in [0, 0.1) is 0 Å². The van der Waals surface area contributed by atoms with Crippen LogP contribution in [0.1, 0.15) is 33.1 Å². The zero-order chi connectivity index (χ0) is 12.9. The zero-order valence-electron chi connectivity index (χ0n) is 11.7. The second kappa shape index (κ2) is 6.69. The number of aliphatic hydroxyl groups is 1. The molecule has 1 fully saturated rings. The number of nitrogens with one attached hydrogen (secondary N) is 1. The SMILES string of the molecule is CNC(CCN1CCCC1CO)C(C)(C)OC. The molecule has 0 aromatic heterocycles. The Hall–Kier alpha value is -0.160. The van der Waals surface area contributed by atoms with E-state index in [4.69, 9.17) is 4.74 Å². The summed E-state index contributed by atoms with van der Waals surface area (Å²) in [5, 5.41) is 12.6. The van der Waals surface area contributed by atoms with Crippen LogP contribution in [0.2, 0.25) is 0 Å². The Balaban J connectivity index is 2.42. The molecule has 102 valence electrons. The van der Waals surface area contributed by atoms with E-state index in [1.54, 1.807) is 7.11 Å². The van der Waals surface area contributed by atoms with E-state index in [1.165, 1.54) is 6.42 Å². The van der Waals surface area contributed by atoms with Crippen LogP contribution in [-0.4, -0.2) is 61.5 Å². The molecule has 1 aliphatic rings. The number of methoxy groups -OCH3 is 1. The minimum absolute atomic E-state index is 0.150. The number of hydrogen-bond acceptors (Lipinski definition) is 4. The Labute approximate surface area is 105 Å². The summed E-state index contributed by atoms with van der Waals surface area (Å²) < 4.78 is 5.53. The molecule has 0 bridgehead atoms. The highest BCUT2D eigenvalue weighted by Gasteiger charge is 2.30. The van der Waals surface area contributed by atoms with Gasteiger partial charge in [-0.15, -0.1) is 0 Å². The zero-order valence-corrected chi connectivity index (χ0v) is 11.7. The lowest BCUT2D eigenvalue weighted by molar-refractivity contribution is -0.0135. The monoisotopic (exact) mass is 244 g/mol. The quantitative estimate of drug-likeness (QED) is 0.697. The maximum atomic E-state index is 9.28. The fourth-order valence-corrected chi connectivity index (χ4v) is 2.67. The summed E-state index contributed by atoms with van der Waals surface area (Å²) in [6.45, 7) is 6.67. The molecule has 1 saturated heterocycles. The number of likely N-dealkylation sites (N-methyl/N-ethyl adjacent to an activating group) is 1. The van der Waals surface area contributed by atoms with Gasteiger partial charge in [0.05, 0.1) is 12.2 Å². The standard InChI is InChI=1S/C13H28N2O2/c1-13(2,17-4)12(14-3)7-9-15-8-5-6-11(15)10-16/h11-12,14,16H,5-10H2,1-4H3. The van der Waals surface area contributed by atoms with Gasteiger partial charge >= 0.3 is 0 Å². The third-order valence-corrected chi connectivity index (χ3v) is 4.13. The van der Waals surface area contributed by atoms with Crippen LogP contribution in [0.3, 0.4) is 0 Å². The summed E-state index contributed by atoms with van der Waals surface area (Å²) in [4.78, 5) is 2.40. The first-order valence-electron chi connectivity index (χ1n) is 6.62. The molecule has 2 unspecified atom stereocenters. The third kappa shape index (κ3) is 3.91. The predicted molar refractivity (Wildman–Crippen MR) is 70.2 cm³/mol. The van der Waals surface area contributed by atoms with Gasteiger partial charge in [0.1, 0.15) is 0 Å². The van der Waals surface area contributed by atoms with Crippen LogP contribution >= 0.6 is 0 Å². The van der Waals surface area contributed by atoms with Crippen molar-refractivity contribution >= 4 is 0 Å². The van der Waals surface area contributed by atoms with Gasteiger partial charge < -0.3 is 15.2 Å². The highest BCUT2D eigenvalue weighted by molar-refractivity contribution is 4.87. The average Bonchev–Trinajstić information content (AvgIpc) is 2.77. The number of ether oxygens (including phenoxy) is 1. The van der Waals surface area contributed by atoms with Crippen molar-refractivity contribution < 1.29 is 9.84 Å². The lowest BCUT2D eigenvalue weighted by Gasteiger charge is -2.34. The van der Waals surface area contributed by atoms with Crippen LogP contribution in [0.4, 0.5) is 0 Å². The smallest absolute Gasteiger partial charge is 0.0775 e. The van der Waals surface area contributed by atoms with Crippen molar-refractivity contribution in [2.45, 2.75) is 50.8 Å². The first-order valence-corrected chi connectivity index (χ1v) is 6.62. The summed E-state index contributed by atoms with van der Waals surface area (Å²) in [7, 11) is 3.75. The summed E-state index contributed by atoms with van der Waals surface area (Å²) in [6, 6.07) is 0.714. The highest BCUT2D eigenvalue weighted by atomic mass is 16.5. The van der Waals surface area contributed by atoms with E-state index in [1.807, 2.05) is 7.05 Å². The van der Waals surface area contributed by atoms with Crippen molar-refractivity contribution in [3.05, 3.63) is 0 Å². The molecule has 0 spiro atoms. The molecule has 0 aliphatic carbocycles. The Kier molecular flexibility index (Phi) is 5.86. The lowest BCUT2D eigenvalue weighted by atomic mass is 9.95. The molecule has 17 heavy (non-hydrogen) atoms. The minimum atomic E-state index is -0.150. The van der Waals surface area contributed by atoms with Gasteiger partial charge in [0, 0.05) is 25.7 Å². The van der Waals surface area contributed by atoms with Gasteiger partial charge in [-0.05, 0) is 46.7 Å². The molecule has 0 aromatic carbocycles. The molecule has 0 saturated carbocycles. The van der Waals surface area contributed by atoms with Gasteiger partial charge in [-0.3, -0.25) is 4.90 Å². The summed E-state index contributed by atoms with van der Waals surface area (Å²) in [6.07, 6.45) is 3.39. The van der Waals surface area contributed by atoms with E-state index in [0.29, 0.717) is 12.1 Å². The Morgan fingerprint density at radius 3 is 2.76 bits per heavy atom. The third-order valence-electron chi connectivity index (χ3n) is 4.13. The predicted octanol–water partition coefficient (Wildman–Crippen LogP) is 0.846. The van der Waals surface area contributed by atoms with Crippen molar-refractivity contribution in [2.24, 2.45) is 0 Å². The first-order chi connectivity index (χ1) is 8.05. The molecule has 1 aliphatic heterocycles. The van der Waals surface area contributed by atoms with Crippen molar-refractivity contribution in [1.29, 1.82) is 0 Å². The van der Waals surface area contributed by atoms with Crippen molar-refractivity contribution in [3.8, 4) is 0 Å². The van der Waals surface area contributed by atoms with Crippen LogP contribution in [0.5, 0.6) is 0 Å². The number of hydrogen-bond donors (Lipinski definition) is 2. The molecule has 2 N–H and O–H groups in total. The molecule has 2 atom stereocenters. The van der Waals surface area contributed by atoms with Crippen LogP contribution in [-0.2, 0) is 4.74 Å². The van der Waals surface area contributed by atoms with Gasteiger partial charge in [-0.25, -0.2) is 0 Å². The molecule has 4 heteroatoms. The average molecular weight is 244 g/mol. The second-order valence-electron chi connectivity index (χ2n) is 5.45. The maximum Gasteiger partial charge on any atom is 0.0775 e. The van der Waals surface area contributed by atoms with Crippen LogP contribution in [0.15, 0.2) is 0 Å². The molecular weight excluding hydrogens is 216 g/mol. The van der Waals surface area contributed by atoms with Gasteiger partial charge in [0.15, 0.2) is 0 Å². The molecule has 0 amide bonds. The summed E-state index contributed by atoms with van der Waals surface area (Å²) in [5.41, 5.74) is -0.150. The molecule has 4 nitrogen and oxygen atoms in total. The highest BCUT2D eigenvalue weighted by Crippen LogP contribution is 2.20. The van der Waals surface area contributed by atoms with E-state index < -0.39 is 0 Å². The Morgan fingerprint density at radius 1 is 1.53 bits per heavy atom. The number of aliphatic hydroxyl groups excluding tert-OH is 1. The summed E-state index contributed by atoms with van der Waals surface area (Å²) >= 11 is 0. The van der Waals surface area contributed by atoms with Gasteiger partial charge in [0.2, 0.25) is 0 Å². The molecule has 0 aromatic rings. The maximum absolute atomic E-state index is 9.28. The van der Waals surface area contributed by atoms with Crippen molar-refractivity contribution in [1.82, 2.24) is 10.2 Å². The van der Waals surface area contributed by atoms with Crippen molar-refractivity contribution in [2.75, 3.05) is 33.9 Å².